The van der Waals surface area contributed by atoms with E-state index >= 15 is 0 Å². The number of ether oxygens (including phenoxy) is 3. The average Bonchev–Trinajstić information content (AvgIpc) is 2.52. The van der Waals surface area contributed by atoms with Crippen molar-refractivity contribution in [3.8, 4) is 0 Å². The fourth-order valence-electron chi connectivity index (χ4n) is 1.87. The fraction of sp³-hybridized carbons (Fsp3) is 0.474. The minimum Gasteiger partial charge on any atom is -0.463 e. The molecule has 0 bridgehead atoms. The van der Waals surface area contributed by atoms with Gasteiger partial charge >= 0.3 is 12.1 Å². The third-order valence-electron chi connectivity index (χ3n) is 2.86. The highest BCUT2D eigenvalue weighted by atomic mass is 16.6. The van der Waals surface area contributed by atoms with Gasteiger partial charge in [-0.25, -0.2) is 9.59 Å². The second-order valence-corrected chi connectivity index (χ2v) is 6.36. The molecule has 1 rings (SSSR count). The summed E-state index contributed by atoms with van der Waals surface area (Å²) in [5.41, 5.74) is 0.414. The summed E-state index contributed by atoms with van der Waals surface area (Å²) in [7, 11) is 0. The summed E-state index contributed by atoms with van der Waals surface area (Å²) < 4.78 is 15.7. The van der Waals surface area contributed by atoms with Gasteiger partial charge in [0.05, 0.1) is 25.9 Å². The minimum atomic E-state index is -0.607. The fourth-order valence-corrected chi connectivity index (χ4v) is 1.87. The van der Waals surface area contributed by atoms with E-state index in [9.17, 15) is 9.59 Å². The molecule has 0 fully saturated rings. The van der Waals surface area contributed by atoms with Crippen LogP contribution in [0.5, 0.6) is 0 Å². The van der Waals surface area contributed by atoms with E-state index in [4.69, 9.17) is 14.2 Å². The van der Waals surface area contributed by atoms with E-state index in [0.29, 0.717) is 6.61 Å². The van der Waals surface area contributed by atoms with Crippen LogP contribution >= 0.6 is 0 Å². The maximum atomic E-state index is 11.9. The number of benzene rings is 1. The van der Waals surface area contributed by atoms with E-state index in [0.717, 1.165) is 5.56 Å². The normalized spacial score (nSPS) is 12.6. The molecule has 6 heteroatoms. The van der Waals surface area contributed by atoms with Crippen molar-refractivity contribution < 1.29 is 23.8 Å². The molecular formula is C19H27NO5. The van der Waals surface area contributed by atoms with Crippen LogP contribution in [0.1, 0.15) is 33.3 Å². The Morgan fingerprint density at radius 2 is 1.88 bits per heavy atom. The Bertz CT molecular complexity index is 563. The van der Waals surface area contributed by atoms with Crippen molar-refractivity contribution in [2.75, 3.05) is 13.2 Å². The largest absolute Gasteiger partial charge is 0.463 e. The highest BCUT2D eigenvalue weighted by Gasteiger charge is 2.18. The molecule has 0 unspecified atom stereocenters. The van der Waals surface area contributed by atoms with Gasteiger partial charge in [-0.2, -0.15) is 0 Å². The molecule has 0 spiro atoms. The van der Waals surface area contributed by atoms with Crippen molar-refractivity contribution in [2.24, 2.45) is 0 Å². The smallest absolute Gasteiger partial charge is 0.408 e. The standard InChI is InChI=1S/C19H27NO5/c1-5-24-17(21)12-11-16(20-18(22)25-19(2,3)4)14-23-13-15-9-7-6-8-10-15/h6-12,16H,5,13-14H2,1-4H3,(H,20,22)/b12-11+/t16-/m0/s1. The molecule has 1 aromatic rings. The number of amides is 1. The second-order valence-electron chi connectivity index (χ2n) is 6.36. The molecule has 1 N–H and O–H groups in total. The Hall–Kier alpha value is -2.34. The van der Waals surface area contributed by atoms with Crippen LogP contribution < -0.4 is 5.32 Å². The van der Waals surface area contributed by atoms with E-state index in [2.05, 4.69) is 5.32 Å². The summed E-state index contributed by atoms with van der Waals surface area (Å²) >= 11 is 0. The van der Waals surface area contributed by atoms with Crippen molar-refractivity contribution >= 4 is 12.1 Å². The SMILES string of the molecule is CCOC(=O)/C=C/[C@@H](COCc1ccccc1)NC(=O)OC(C)(C)C. The lowest BCUT2D eigenvalue weighted by molar-refractivity contribution is -0.137. The van der Waals surface area contributed by atoms with Gasteiger partial charge < -0.3 is 19.5 Å². The van der Waals surface area contributed by atoms with Crippen molar-refractivity contribution in [3.63, 3.8) is 0 Å². The number of hydrogen-bond donors (Lipinski definition) is 1. The maximum Gasteiger partial charge on any atom is 0.408 e. The van der Waals surface area contributed by atoms with E-state index < -0.39 is 23.7 Å². The highest BCUT2D eigenvalue weighted by molar-refractivity contribution is 5.82. The Labute approximate surface area is 149 Å². The number of esters is 1. The van der Waals surface area contributed by atoms with Gasteiger partial charge in [0.2, 0.25) is 0 Å². The Balaban J connectivity index is 2.60. The monoisotopic (exact) mass is 349 g/mol. The average molecular weight is 349 g/mol. The van der Waals surface area contributed by atoms with Crippen LogP contribution in [0.4, 0.5) is 4.79 Å². The molecule has 0 saturated heterocycles. The van der Waals surface area contributed by atoms with Gasteiger partial charge in [-0.1, -0.05) is 36.4 Å². The van der Waals surface area contributed by atoms with Gasteiger partial charge in [0.15, 0.2) is 0 Å². The molecule has 25 heavy (non-hydrogen) atoms. The zero-order valence-electron chi connectivity index (χ0n) is 15.3. The number of alkyl carbamates (subject to hydrolysis) is 1. The van der Waals surface area contributed by atoms with Gasteiger partial charge in [0.25, 0.3) is 0 Å². The molecule has 1 amide bonds. The quantitative estimate of drug-likeness (QED) is 0.576. The summed E-state index contributed by atoms with van der Waals surface area (Å²) in [6.07, 6.45) is 2.24. The summed E-state index contributed by atoms with van der Waals surface area (Å²) in [5.74, 6) is -0.471. The number of hydrogen-bond acceptors (Lipinski definition) is 5. The summed E-state index contributed by atoms with van der Waals surface area (Å²) in [6, 6.07) is 9.17. The van der Waals surface area contributed by atoms with Crippen LogP contribution in [0, 0.1) is 0 Å². The molecule has 0 aliphatic rings. The minimum absolute atomic E-state index is 0.198. The summed E-state index contributed by atoms with van der Waals surface area (Å²) in [4.78, 5) is 23.4. The van der Waals surface area contributed by atoms with Gasteiger partial charge in [-0.3, -0.25) is 0 Å². The van der Waals surface area contributed by atoms with Crippen LogP contribution in [-0.4, -0.2) is 36.9 Å². The van der Waals surface area contributed by atoms with Gasteiger partial charge in [0, 0.05) is 6.08 Å². The number of carbonyl (C=O) groups is 2. The van der Waals surface area contributed by atoms with Crippen LogP contribution in [0.3, 0.4) is 0 Å². The lowest BCUT2D eigenvalue weighted by Crippen LogP contribution is -2.40. The van der Waals surface area contributed by atoms with E-state index in [1.807, 2.05) is 30.3 Å². The molecule has 0 aliphatic heterocycles. The molecule has 0 heterocycles. The summed E-state index contributed by atoms with van der Waals surface area (Å²) in [6.45, 7) is 7.96. The van der Waals surface area contributed by atoms with Crippen molar-refractivity contribution in [1.82, 2.24) is 5.32 Å². The van der Waals surface area contributed by atoms with Crippen molar-refractivity contribution in [3.05, 3.63) is 48.0 Å². The molecule has 1 atom stereocenters. The molecule has 0 aliphatic carbocycles. The number of carbonyl (C=O) groups excluding carboxylic acids is 2. The van der Waals surface area contributed by atoms with Crippen molar-refractivity contribution in [1.29, 1.82) is 0 Å². The first-order valence-electron chi connectivity index (χ1n) is 8.26. The molecule has 1 aromatic carbocycles. The van der Waals surface area contributed by atoms with Crippen LogP contribution in [-0.2, 0) is 25.6 Å². The predicted octanol–water partition coefficient (Wildman–Crippen LogP) is 3.22. The van der Waals surface area contributed by atoms with Crippen LogP contribution in [0.15, 0.2) is 42.5 Å². The number of nitrogens with one attached hydrogen (secondary N) is 1. The Morgan fingerprint density at radius 1 is 1.20 bits per heavy atom. The molecule has 0 radical (unpaired) electrons. The van der Waals surface area contributed by atoms with E-state index in [1.54, 1.807) is 27.7 Å². The first-order valence-corrected chi connectivity index (χ1v) is 8.26. The molecule has 6 nitrogen and oxygen atoms in total. The number of rotatable bonds is 8. The van der Waals surface area contributed by atoms with Crippen LogP contribution in [0.2, 0.25) is 0 Å². The molecule has 0 aromatic heterocycles. The summed E-state index contributed by atoms with van der Waals surface area (Å²) in [5, 5.41) is 2.68. The topological polar surface area (TPSA) is 73.9 Å². The first-order chi connectivity index (χ1) is 11.8. The lowest BCUT2D eigenvalue weighted by Gasteiger charge is -2.22. The maximum absolute atomic E-state index is 11.9. The zero-order valence-corrected chi connectivity index (χ0v) is 15.3. The van der Waals surface area contributed by atoms with Gasteiger partial charge in [-0.15, -0.1) is 0 Å². The van der Waals surface area contributed by atoms with Crippen LogP contribution in [0.25, 0.3) is 0 Å². The van der Waals surface area contributed by atoms with Gasteiger partial charge in [0.1, 0.15) is 5.60 Å². The molecule has 0 saturated carbocycles. The van der Waals surface area contributed by atoms with Gasteiger partial charge in [-0.05, 0) is 33.3 Å². The third-order valence-corrected chi connectivity index (χ3v) is 2.86. The highest BCUT2D eigenvalue weighted by Crippen LogP contribution is 2.07. The second kappa shape index (κ2) is 10.5. The Morgan fingerprint density at radius 3 is 2.48 bits per heavy atom. The van der Waals surface area contributed by atoms with E-state index in [-0.39, 0.29) is 13.2 Å². The van der Waals surface area contributed by atoms with Crippen molar-refractivity contribution in [2.45, 2.75) is 45.9 Å². The lowest BCUT2D eigenvalue weighted by atomic mass is 10.2. The zero-order chi connectivity index (χ0) is 18.7. The molecular weight excluding hydrogens is 322 g/mol. The van der Waals surface area contributed by atoms with E-state index in [1.165, 1.54) is 12.2 Å². The Kier molecular flexibility index (Phi) is 8.70. The molecule has 138 valence electrons. The third kappa shape index (κ3) is 10.2. The predicted molar refractivity (Wildman–Crippen MR) is 95.0 cm³/mol. The first kappa shape index (κ1) is 20.7.